The Kier molecular flexibility index (Phi) is 7.88. The number of ether oxygens (including phenoxy) is 1. The van der Waals surface area contributed by atoms with E-state index in [9.17, 15) is 58.3 Å². The van der Waals surface area contributed by atoms with Crippen LogP contribution in [0.1, 0.15) is 15.9 Å². The van der Waals surface area contributed by atoms with Crippen molar-refractivity contribution in [3.63, 3.8) is 0 Å². The molecule has 206 valence electrons. The Labute approximate surface area is 217 Å². The molecule has 5 nitrogen and oxygen atoms in total. The van der Waals surface area contributed by atoms with E-state index in [0.29, 0.717) is 10.9 Å². The number of aromatic nitrogens is 1. The van der Waals surface area contributed by atoms with Crippen LogP contribution in [0.4, 0.5) is 54.0 Å². The molecule has 2 unspecified atom stereocenters. The average Bonchev–Trinajstić information content (AvgIpc) is 2.80. The van der Waals surface area contributed by atoms with Crippen molar-refractivity contribution in [1.29, 1.82) is 0 Å². The number of alkyl halides is 11. The van der Waals surface area contributed by atoms with Crippen molar-refractivity contribution in [2.24, 2.45) is 0 Å². The minimum Gasteiger partial charge on any atom is -0.621 e. The molecule has 3 aromatic rings. The van der Waals surface area contributed by atoms with Gasteiger partial charge in [-0.2, -0.15) is 43.9 Å². The van der Waals surface area contributed by atoms with Crippen molar-refractivity contribution in [2.45, 2.75) is 30.6 Å². The van der Waals surface area contributed by atoms with E-state index in [1.807, 2.05) is 0 Å². The third-order valence-electron chi connectivity index (χ3n) is 5.15. The number of rotatable bonds is 6. The molecule has 0 saturated heterocycles. The Morgan fingerprint density at radius 2 is 1.58 bits per heavy atom. The quantitative estimate of drug-likeness (QED) is 0.192. The number of amides is 1. The number of hydrogen-bond donors (Lipinski definition) is 1. The maximum atomic E-state index is 14.9. The monoisotopic (exact) mass is 674 g/mol. The van der Waals surface area contributed by atoms with Gasteiger partial charge in [0.05, 0.1) is 14.7 Å². The lowest BCUT2D eigenvalue weighted by Gasteiger charge is -2.36. The molecular formula is C21H10F11IN2O3. The number of hydroxylamine groups is 1. The highest BCUT2D eigenvalue weighted by atomic mass is 127. The van der Waals surface area contributed by atoms with Crippen LogP contribution in [0, 0.1) is 8.78 Å². The average molecular weight is 674 g/mol. The van der Waals surface area contributed by atoms with E-state index < -0.39 is 68.2 Å². The number of nitrogens with zero attached hydrogens (tertiary/aromatic N) is 1. The van der Waals surface area contributed by atoms with Crippen molar-refractivity contribution >= 4 is 45.1 Å². The molecular weight excluding hydrogens is 664 g/mol. The fraction of sp³-hybridized carbons (Fsp3) is 0.238. The fourth-order valence-corrected chi connectivity index (χ4v) is 4.22. The molecule has 0 radical (unpaired) electrons. The number of carbonyl (C=O) groups is 1. The molecule has 17 heteroatoms. The summed E-state index contributed by atoms with van der Waals surface area (Å²) in [5.74, 6) is -10.3. The van der Waals surface area contributed by atoms with Gasteiger partial charge in [0, 0.05) is 17.1 Å². The van der Waals surface area contributed by atoms with Gasteiger partial charge in [0.25, 0.3) is 0 Å². The Bertz CT molecular complexity index is 1360. The molecule has 1 aromatic heterocycles. The summed E-state index contributed by atoms with van der Waals surface area (Å²) in [6.45, 7) is -3.97. The van der Waals surface area contributed by atoms with Crippen LogP contribution in [0.15, 0.2) is 48.7 Å². The molecule has 1 N–H and O–H groups in total. The van der Waals surface area contributed by atoms with Crippen LogP contribution in [-0.2, 0) is 5.67 Å². The zero-order valence-electron chi connectivity index (χ0n) is 17.9. The molecule has 0 aliphatic carbocycles. The normalized spacial score (nSPS) is 15.4. The number of pyridine rings is 1. The summed E-state index contributed by atoms with van der Waals surface area (Å²) in [6.07, 6.45) is -12.6. The van der Waals surface area contributed by atoms with Gasteiger partial charge in [0.15, 0.2) is 11.4 Å². The van der Waals surface area contributed by atoms with Gasteiger partial charge in [-0.15, -0.1) is 0 Å². The Hall–Kier alpha value is -2.80. The van der Waals surface area contributed by atoms with Gasteiger partial charge in [0.1, 0.15) is 0 Å². The van der Waals surface area contributed by atoms with E-state index >= 15 is 0 Å². The van der Waals surface area contributed by atoms with Crippen LogP contribution in [0.5, 0.6) is 5.75 Å². The lowest BCUT2D eigenvalue weighted by molar-refractivity contribution is -0.680. The van der Waals surface area contributed by atoms with E-state index in [1.54, 1.807) is 0 Å². The molecule has 2 aromatic carbocycles. The molecule has 0 bridgehead atoms. The Morgan fingerprint density at radius 1 is 0.947 bits per heavy atom. The number of fused-ring (bicyclic) bond motifs is 1. The van der Waals surface area contributed by atoms with Crippen molar-refractivity contribution in [3.8, 4) is 5.75 Å². The van der Waals surface area contributed by atoms with Gasteiger partial charge in [-0.1, -0.05) is 6.07 Å². The summed E-state index contributed by atoms with van der Waals surface area (Å²) in [5, 5.41) is 11.5. The highest BCUT2D eigenvalue weighted by Gasteiger charge is 2.81. The van der Waals surface area contributed by atoms with Crippen LogP contribution in [0.2, 0.25) is 0 Å². The third-order valence-corrected chi connectivity index (χ3v) is 6.00. The van der Waals surface area contributed by atoms with Gasteiger partial charge >= 0.3 is 36.5 Å². The van der Waals surface area contributed by atoms with Crippen LogP contribution >= 0.6 is 22.6 Å². The molecule has 0 aliphatic rings. The number of nitrogens with one attached hydrogen (secondary N) is 1. The van der Waals surface area contributed by atoms with Gasteiger partial charge in [-0.25, -0.2) is 9.18 Å². The number of halogens is 12. The first-order valence-corrected chi connectivity index (χ1v) is 10.8. The lowest BCUT2D eigenvalue weighted by atomic mass is 9.87. The molecule has 0 saturated carbocycles. The van der Waals surface area contributed by atoms with E-state index in [0.717, 1.165) is 34.7 Å². The van der Waals surface area contributed by atoms with Crippen molar-refractivity contribution in [2.75, 3.05) is 0 Å². The van der Waals surface area contributed by atoms with Crippen LogP contribution in [0.3, 0.4) is 0 Å². The SMILES string of the molecule is O=C(c1ccc2ncccc2c1)[NH+]([O-])c1c(I)cc(C(F)(C(F)(F)F)C(F)(F)C(F)(F)F)cc1OC(F)F. The maximum absolute atomic E-state index is 14.9. The van der Waals surface area contributed by atoms with E-state index in [1.165, 1.54) is 24.4 Å². The number of quaternary nitrogens is 1. The summed E-state index contributed by atoms with van der Waals surface area (Å²) >= 11 is 0.890. The van der Waals surface area contributed by atoms with Crippen molar-refractivity contribution in [1.82, 2.24) is 4.98 Å². The second-order valence-electron chi connectivity index (χ2n) is 7.51. The molecule has 0 spiro atoms. The molecule has 0 aliphatic heterocycles. The first-order chi connectivity index (χ1) is 17.3. The first kappa shape index (κ1) is 29.8. The second-order valence-corrected chi connectivity index (χ2v) is 8.67. The molecule has 3 rings (SSSR count). The van der Waals surface area contributed by atoms with Gasteiger partial charge in [0.2, 0.25) is 0 Å². The third kappa shape index (κ3) is 5.09. The number of hydrogen-bond acceptors (Lipinski definition) is 4. The van der Waals surface area contributed by atoms with Crippen LogP contribution < -0.4 is 9.80 Å². The minimum atomic E-state index is -7.11. The molecule has 1 amide bonds. The van der Waals surface area contributed by atoms with E-state index in [2.05, 4.69) is 9.72 Å². The maximum Gasteiger partial charge on any atom is 0.457 e. The summed E-state index contributed by atoms with van der Waals surface area (Å²) < 4.78 is 150. The predicted octanol–water partition coefficient (Wildman–Crippen LogP) is 6.22. The molecule has 2 atom stereocenters. The largest absolute Gasteiger partial charge is 0.621 e. The lowest BCUT2D eigenvalue weighted by Crippen LogP contribution is -3.05. The van der Waals surface area contributed by atoms with E-state index in [-0.39, 0.29) is 11.6 Å². The molecule has 38 heavy (non-hydrogen) atoms. The zero-order chi connectivity index (χ0) is 28.8. The Balaban J connectivity index is 2.21. The highest BCUT2D eigenvalue weighted by Crippen LogP contribution is 2.59. The number of carbonyl (C=O) groups excluding carboxylic acids is 1. The highest BCUT2D eigenvalue weighted by molar-refractivity contribution is 14.1. The van der Waals surface area contributed by atoms with Gasteiger partial charge in [-0.05, 0) is 59.0 Å². The first-order valence-electron chi connectivity index (χ1n) is 9.75. The smallest absolute Gasteiger partial charge is 0.457 e. The van der Waals surface area contributed by atoms with Crippen LogP contribution in [0.25, 0.3) is 10.9 Å². The molecule has 0 fully saturated rings. The Morgan fingerprint density at radius 3 is 2.13 bits per heavy atom. The number of benzene rings is 2. The topological polar surface area (TPSA) is 66.7 Å². The van der Waals surface area contributed by atoms with Gasteiger partial charge < -0.3 is 9.94 Å². The summed E-state index contributed by atoms with van der Waals surface area (Å²) in [5.41, 5.74) is -10.2. The summed E-state index contributed by atoms with van der Waals surface area (Å²) in [4.78, 5) is 16.7. The summed E-state index contributed by atoms with van der Waals surface area (Å²) in [7, 11) is 0. The van der Waals surface area contributed by atoms with E-state index in [4.69, 9.17) is 0 Å². The minimum absolute atomic E-state index is 0.239. The van der Waals surface area contributed by atoms with Crippen molar-refractivity contribution in [3.05, 3.63) is 68.6 Å². The van der Waals surface area contributed by atoms with Gasteiger partial charge in [-0.3, -0.25) is 10.0 Å². The van der Waals surface area contributed by atoms with Crippen LogP contribution in [-0.4, -0.2) is 35.8 Å². The molecule has 1 heterocycles. The zero-order valence-corrected chi connectivity index (χ0v) is 20.1. The fourth-order valence-electron chi connectivity index (χ4n) is 3.37. The summed E-state index contributed by atoms with van der Waals surface area (Å²) in [6, 6.07) is 5.69. The second kappa shape index (κ2) is 10.1. The van der Waals surface area contributed by atoms with Crippen molar-refractivity contribution < 1.29 is 62.9 Å². The predicted molar refractivity (Wildman–Crippen MR) is 116 cm³/mol. The standard InChI is InChI=1S/C21H10F11IN2O3/c22-17(23)38-14-8-11(18(24,20(27,28)29)19(25,26)21(30,31)32)7-12(33)15(14)35(37)16(36)10-3-4-13-9(6-10)2-1-5-34-13/h1-8,17,35H.